The summed E-state index contributed by atoms with van der Waals surface area (Å²) in [5.41, 5.74) is 5.27. The van der Waals surface area contributed by atoms with Gasteiger partial charge in [0.25, 0.3) is 0 Å². The van der Waals surface area contributed by atoms with Crippen molar-refractivity contribution in [3.05, 3.63) is 64.7 Å². The minimum atomic E-state index is -4.67. The fourth-order valence-electron chi connectivity index (χ4n) is 2.82. The third kappa shape index (κ3) is 3.89. The summed E-state index contributed by atoms with van der Waals surface area (Å²) in [6, 6.07) is 10.2. The van der Waals surface area contributed by atoms with Gasteiger partial charge in [0.15, 0.2) is 0 Å². The van der Waals surface area contributed by atoms with Gasteiger partial charge in [-0.15, -0.1) is 0 Å². The van der Waals surface area contributed by atoms with E-state index in [1.807, 2.05) is 0 Å². The molecule has 1 amide bonds. The normalized spacial score (nSPS) is 13.8. The summed E-state index contributed by atoms with van der Waals surface area (Å²) in [6.07, 6.45) is -4.67. The van der Waals surface area contributed by atoms with Gasteiger partial charge in [-0.05, 0) is 0 Å². The number of hydrogen-bond acceptors (Lipinski definition) is 3. The molecule has 0 spiro atoms. The molecule has 0 radical (unpaired) electrons. The third-order valence-electron chi connectivity index (χ3n) is 4.05. The van der Waals surface area contributed by atoms with Crippen molar-refractivity contribution in [1.29, 1.82) is 5.41 Å². The number of hydrogen-bond donors (Lipinski definition) is 2. The topological polar surface area (TPSA) is 87.2 Å². The predicted molar refractivity (Wildman–Crippen MR) is 94.8 cm³/mol. The second kappa shape index (κ2) is 7.17. The Bertz CT molecular complexity index is 926. The van der Waals surface area contributed by atoms with Gasteiger partial charge in [-0.2, -0.15) is 0 Å². The van der Waals surface area contributed by atoms with Crippen LogP contribution in [0.4, 0.5) is 18.9 Å². The molecule has 3 N–H and O–H groups in total. The molecule has 1 heterocycles. The van der Waals surface area contributed by atoms with E-state index in [9.17, 15) is 22.8 Å². The van der Waals surface area contributed by atoms with Gasteiger partial charge in [0.05, 0.1) is 0 Å². The van der Waals surface area contributed by atoms with E-state index < -0.39 is 23.4 Å². The molecule has 140 valence electrons. The van der Waals surface area contributed by atoms with Crippen LogP contribution in [0.5, 0.6) is 0 Å². The number of carbonyl (C=O) groups is 2. The molecule has 2 aromatic rings. The zero-order chi connectivity index (χ0) is 19.8. The fourth-order valence-corrected chi connectivity index (χ4v) is 3.90. The zero-order valence-corrected chi connectivity index (χ0v) is 15.6. The van der Waals surface area contributed by atoms with Crippen LogP contribution < -0.4 is 10.6 Å². The van der Waals surface area contributed by atoms with E-state index in [4.69, 9.17) is 11.1 Å². The monoisotopic (exact) mass is 441 g/mol. The molecule has 0 unspecified atom stereocenters. The molecule has 5 nitrogen and oxygen atoms in total. The van der Waals surface area contributed by atoms with Crippen LogP contribution in [0.25, 0.3) is 0 Å². The van der Waals surface area contributed by atoms with Crippen LogP contribution in [0.15, 0.2) is 42.5 Å². The molecular formula is C18H14F3N3O2Se. The summed E-state index contributed by atoms with van der Waals surface area (Å²) in [5, 5.41) is 7.88. The van der Waals surface area contributed by atoms with E-state index >= 15 is 0 Å². The van der Waals surface area contributed by atoms with Gasteiger partial charge >= 0.3 is 159 Å². The molecule has 0 atom stereocenters. The molecule has 0 saturated carbocycles. The summed E-state index contributed by atoms with van der Waals surface area (Å²) >= 11 is -0.153. The molecule has 0 aromatic heterocycles. The van der Waals surface area contributed by atoms with Crippen LogP contribution in [0.2, 0.25) is 0 Å². The fraction of sp³-hybridized carbons (Fsp3) is 0.167. The number of amides is 1. The minimum absolute atomic E-state index is 0.129. The number of rotatable bonds is 5. The first-order valence-corrected chi connectivity index (χ1v) is 9.86. The number of nitrogens with two attached hydrogens (primary N) is 1. The van der Waals surface area contributed by atoms with Gasteiger partial charge in [0.2, 0.25) is 0 Å². The van der Waals surface area contributed by atoms with Gasteiger partial charge in [-0.25, -0.2) is 0 Å². The Kier molecular flexibility index (Phi) is 5.08. The van der Waals surface area contributed by atoms with Crippen LogP contribution in [0, 0.1) is 5.41 Å². The summed E-state index contributed by atoms with van der Waals surface area (Å²) in [4.78, 5) is 25.2. The standard InChI is InChI=1S/C18H14F3N3O2Se/c19-18(20,21)13-3-1-2-12-14(13)24(16(26)15(12)25)8-10-4-6-11(7-5-10)9-27-17(22)23/h1-7H,8-9H2,(H3,22,23). The number of fused-ring (bicyclic) bond motifs is 1. The van der Waals surface area contributed by atoms with Crippen molar-refractivity contribution in [3.63, 3.8) is 0 Å². The predicted octanol–water partition coefficient (Wildman–Crippen LogP) is 2.53. The summed E-state index contributed by atoms with van der Waals surface area (Å²) < 4.78 is 40.1. The molecule has 3 rings (SSSR count). The molecule has 2 aromatic carbocycles. The number of anilines is 1. The average Bonchev–Trinajstić information content (AvgIpc) is 2.85. The first-order chi connectivity index (χ1) is 12.7. The number of benzene rings is 2. The number of nitrogens with one attached hydrogen (secondary N) is 1. The van der Waals surface area contributed by atoms with Gasteiger partial charge in [-0.1, -0.05) is 0 Å². The van der Waals surface area contributed by atoms with E-state index in [1.54, 1.807) is 24.3 Å². The first-order valence-electron chi connectivity index (χ1n) is 7.79. The van der Waals surface area contributed by atoms with Crippen molar-refractivity contribution < 1.29 is 22.8 Å². The van der Waals surface area contributed by atoms with Crippen molar-refractivity contribution in [2.45, 2.75) is 18.0 Å². The van der Waals surface area contributed by atoms with Crippen LogP contribution in [0.1, 0.15) is 27.0 Å². The second-order valence-electron chi connectivity index (χ2n) is 5.89. The van der Waals surface area contributed by atoms with Crippen molar-refractivity contribution in [2.75, 3.05) is 4.90 Å². The van der Waals surface area contributed by atoms with Crippen molar-refractivity contribution in [3.8, 4) is 0 Å². The van der Waals surface area contributed by atoms with Gasteiger partial charge in [0, 0.05) is 0 Å². The summed E-state index contributed by atoms with van der Waals surface area (Å²) in [6.45, 7) is -0.136. The van der Waals surface area contributed by atoms with E-state index in [2.05, 4.69) is 0 Å². The van der Waals surface area contributed by atoms with Crippen LogP contribution in [-0.2, 0) is 22.8 Å². The quantitative estimate of drug-likeness (QED) is 0.324. The molecule has 1 aliphatic rings. The zero-order valence-electron chi connectivity index (χ0n) is 13.8. The summed E-state index contributed by atoms with van der Waals surface area (Å²) in [7, 11) is 0. The number of para-hydroxylation sites is 1. The Balaban J connectivity index is 1.90. The second-order valence-corrected chi connectivity index (χ2v) is 8.02. The molecule has 0 aliphatic carbocycles. The van der Waals surface area contributed by atoms with Crippen molar-refractivity contribution in [2.24, 2.45) is 5.73 Å². The van der Waals surface area contributed by atoms with Crippen LogP contribution >= 0.6 is 0 Å². The number of nitrogens with zero attached hydrogens (tertiary/aromatic N) is 1. The van der Waals surface area contributed by atoms with E-state index in [0.717, 1.165) is 22.6 Å². The number of amidine groups is 1. The Labute approximate surface area is 159 Å². The molecule has 0 bridgehead atoms. The van der Waals surface area contributed by atoms with E-state index in [-0.39, 0.29) is 37.5 Å². The molecule has 0 fully saturated rings. The third-order valence-corrected chi connectivity index (χ3v) is 5.71. The SMILES string of the molecule is N=C(N)[Se]Cc1ccc(CN2C(=O)C(=O)c3cccc(C(F)(F)F)c32)cc1. The Morgan fingerprint density at radius 2 is 1.70 bits per heavy atom. The van der Waals surface area contributed by atoms with Gasteiger partial charge in [-0.3, -0.25) is 0 Å². The molecule has 9 heteroatoms. The number of halogens is 3. The van der Waals surface area contributed by atoms with Crippen molar-refractivity contribution >= 4 is 37.1 Å². The van der Waals surface area contributed by atoms with Gasteiger partial charge < -0.3 is 0 Å². The average molecular weight is 440 g/mol. The number of alkyl halides is 3. The van der Waals surface area contributed by atoms with E-state index in [1.165, 1.54) is 6.07 Å². The maximum atomic E-state index is 13.3. The number of carbonyl (C=O) groups excluding carboxylic acids is 2. The molecule has 0 saturated heterocycles. The van der Waals surface area contributed by atoms with Crippen LogP contribution in [-0.4, -0.2) is 31.4 Å². The summed E-state index contributed by atoms with van der Waals surface area (Å²) in [5.74, 6) is -1.90. The van der Waals surface area contributed by atoms with Crippen LogP contribution in [0.3, 0.4) is 0 Å². The molecule has 27 heavy (non-hydrogen) atoms. The molecule has 1 aliphatic heterocycles. The molecular weight excluding hydrogens is 426 g/mol. The van der Waals surface area contributed by atoms with Crippen molar-refractivity contribution in [1.82, 2.24) is 0 Å². The Morgan fingerprint density at radius 1 is 1.07 bits per heavy atom. The number of ketones is 1. The first kappa shape index (κ1) is 19.1. The Hall–Kier alpha value is -2.64. The van der Waals surface area contributed by atoms with Gasteiger partial charge in [0.1, 0.15) is 0 Å². The maximum absolute atomic E-state index is 13.3. The van der Waals surface area contributed by atoms with E-state index in [0.29, 0.717) is 10.9 Å². The Morgan fingerprint density at radius 3 is 2.30 bits per heavy atom. The number of Topliss-reactive ketones (excluding diaryl/α,β-unsaturated/α-hetero) is 1.